The highest BCUT2D eigenvalue weighted by Crippen LogP contribution is 2.37. The molecule has 0 N–H and O–H groups in total. The van der Waals surface area contributed by atoms with E-state index in [0.29, 0.717) is 17.5 Å². The lowest BCUT2D eigenvalue weighted by Crippen LogP contribution is -2.01. The Morgan fingerprint density at radius 2 is 0.811 bits per heavy atom. The first kappa shape index (κ1) is 30.6. The number of aromatic nitrogens is 3. The molecule has 0 aliphatic carbocycles. The quantitative estimate of drug-likeness (QED) is 0.176. The minimum atomic E-state index is 0.561. The van der Waals surface area contributed by atoms with Crippen molar-refractivity contribution in [2.75, 3.05) is 0 Å². The fourth-order valence-corrected chi connectivity index (χ4v) is 7.26. The number of hydrogen-bond donors (Lipinski definition) is 0. The molecule has 0 saturated heterocycles. The molecule has 0 radical (unpaired) electrons. The third kappa shape index (κ3) is 5.63. The number of benzene rings is 8. The van der Waals surface area contributed by atoms with Gasteiger partial charge in [0.25, 0.3) is 0 Å². The van der Waals surface area contributed by atoms with E-state index >= 15 is 0 Å². The van der Waals surface area contributed by atoms with Crippen molar-refractivity contribution in [3.8, 4) is 67.5 Å². The summed E-state index contributed by atoms with van der Waals surface area (Å²) in [5.74, 6) is 1.76. The summed E-state index contributed by atoms with van der Waals surface area (Å²) in [5.41, 5.74) is 11.1. The summed E-state index contributed by atoms with van der Waals surface area (Å²) in [7, 11) is 0. The van der Waals surface area contributed by atoms with Crippen LogP contribution in [-0.4, -0.2) is 15.0 Å². The molecule has 0 fully saturated rings. The Balaban J connectivity index is 1.10. The molecular weight excluding hydrogens is 647 g/mol. The zero-order valence-corrected chi connectivity index (χ0v) is 28.6. The number of nitrogens with zero attached hydrogens (tertiary/aromatic N) is 3. The van der Waals surface area contributed by atoms with Gasteiger partial charge in [-0.2, -0.15) is 0 Å². The molecule has 53 heavy (non-hydrogen) atoms. The predicted molar refractivity (Wildman–Crippen MR) is 217 cm³/mol. The molecule has 2 heterocycles. The Labute approximate surface area is 306 Å². The van der Waals surface area contributed by atoms with E-state index in [1.807, 2.05) is 42.5 Å². The molecule has 0 aliphatic heterocycles. The average Bonchev–Trinajstić information content (AvgIpc) is 3.63. The van der Waals surface area contributed by atoms with Gasteiger partial charge in [-0.25, -0.2) is 15.0 Å². The van der Waals surface area contributed by atoms with E-state index in [9.17, 15) is 0 Å². The first-order valence-electron chi connectivity index (χ1n) is 17.8. The molecule has 10 aromatic rings. The van der Waals surface area contributed by atoms with E-state index in [4.69, 9.17) is 19.4 Å². The van der Waals surface area contributed by atoms with Crippen molar-refractivity contribution in [1.82, 2.24) is 15.0 Å². The molecule has 0 aliphatic rings. The molecule has 2 aromatic heterocycles. The van der Waals surface area contributed by atoms with Crippen LogP contribution < -0.4 is 0 Å². The minimum Gasteiger partial charge on any atom is -0.455 e. The molecule has 0 amide bonds. The van der Waals surface area contributed by atoms with E-state index < -0.39 is 0 Å². The van der Waals surface area contributed by atoms with Crippen molar-refractivity contribution in [2.45, 2.75) is 0 Å². The van der Waals surface area contributed by atoms with Gasteiger partial charge < -0.3 is 4.42 Å². The molecule has 0 atom stereocenters. The van der Waals surface area contributed by atoms with Gasteiger partial charge in [0.2, 0.25) is 0 Å². The summed E-state index contributed by atoms with van der Waals surface area (Å²) in [5, 5.41) is 4.51. The van der Waals surface area contributed by atoms with Crippen LogP contribution in [0.3, 0.4) is 0 Å². The van der Waals surface area contributed by atoms with Gasteiger partial charge in [0, 0.05) is 21.9 Å². The second-order valence-electron chi connectivity index (χ2n) is 13.2. The number of fused-ring (bicyclic) bond motifs is 4. The molecule has 0 unspecified atom stereocenters. The Bertz CT molecular complexity index is 2930. The third-order valence-corrected chi connectivity index (χ3v) is 9.96. The maximum Gasteiger partial charge on any atom is 0.167 e. The van der Waals surface area contributed by atoms with Crippen molar-refractivity contribution in [2.24, 2.45) is 0 Å². The van der Waals surface area contributed by atoms with E-state index in [0.717, 1.165) is 60.9 Å². The lowest BCUT2D eigenvalue weighted by atomic mass is 9.97. The molecule has 10 rings (SSSR count). The molecule has 248 valence electrons. The SMILES string of the molecule is c1ccc(-c2ccc3ccc(-c4ccc(-c5nc(-c6ccccc6-c6ccccc6)nc(-c6cccc7c6oc6ccccc67)n5)cc4)cc3c2)cc1. The van der Waals surface area contributed by atoms with Crippen LogP contribution in [0.2, 0.25) is 0 Å². The average molecular weight is 678 g/mol. The highest BCUT2D eigenvalue weighted by molar-refractivity contribution is 6.09. The summed E-state index contributed by atoms with van der Waals surface area (Å²) in [6, 6.07) is 65.3. The van der Waals surface area contributed by atoms with Crippen LogP contribution in [0, 0.1) is 0 Å². The third-order valence-electron chi connectivity index (χ3n) is 9.96. The Morgan fingerprint density at radius 3 is 1.55 bits per heavy atom. The normalized spacial score (nSPS) is 11.4. The lowest BCUT2D eigenvalue weighted by molar-refractivity contribution is 0.669. The summed E-state index contributed by atoms with van der Waals surface area (Å²) < 4.78 is 6.45. The van der Waals surface area contributed by atoms with Crippen LogP contribution in [0.25, 0.3) is 100 Å². The Hall–Kier alpha value is -7.17. The minimum absolute atomic E-state index is 0.561. The largest absolute Gasteiger partial charge is 0.455 e. The monoisotopic (exact) mass is 677 g/mol. The van der Waals surface area contributed by atoms with E-state index in [1.54, 1.807) is 0 Å². The summed E-state index contributed by atoms with van der Waals surface area (Å²) in [4.78, 5) is 15.4. The van der Waals surface area contributed by atoms with Gasteiger partial charge >= 0.3 is 0 Å². The van der Waals surface area contributed by atoms with E-state index in [2.05, 4.69) is 146 Å². The summed E-state index contributed by atoms with van der Waals surface area (Å²) in [6.07, 6.45) is 0. The molecule has 8 aromatic carbocycles. The standard InChI is InChI=1S/C49H31N3O/c1-3-12-32(13-4-1)37-28-24-34-25-29-38(31-39(34)30-37)33-22-26-36(27-23-33)47-50-48(43-18-8-7-16-40(43)35-14-5-2-6-15-35)52-49(51-47)44-20-11-19-42-41-17-9-10-21-45(41)53-46(42)44/h1-31H. The zero-order chi connectivity index (χ0) is 35.1. The second-order valence-corrected chi connectivity index (χ2v) is 13.2. The van der Waals surface area contributed by atoms with E-state index in [-0.39, 0.29) is 0 Å². The van der Waals surface area contributed by atoms with E-state index in [1.165, 1.54) is 21.9 Å². The lowest BCUT2D eigenvalue weighted by Gasteiger charge is -2.12. The summed E-state index contributed by atoms with van der Waals surface area (Å²) >= 11 is 0. The van der Waals surface area contributed by atoms with Crippen molar-refractivity contribution >= 4 is 32.7 Å². The van der Waals surface area contributed by atoms with Gasteiger partial charge in [-0.1, -0.05) is 164 Å². The molecule has 0 bridgehead atoms. The number of rotatable bonds is 6. The van der Waals surface area contributed by atoms with Gasteiger partial charge in [0.05, 0.1) is 5.56 Å². The molecular formula is C49H31N3O. The van der Waals surface area contributed by atoms with Gasteiger partial charge in [-0.15, -0.1) is 0 Å². The van der Waals surface area contributed by atoms with Crippen LogP contribution in [0.1, 0.15) is 0 Å². The summed E-state index contributed by atoms with van der Waals surface area (Å²) in [6.45, 7) is 0. The van der Waals surface area contributed by atoms with Gasteiger partial charge in [0.1, 0.15) is 11.2 Å². The number of para-hydroxylation sites is 2. The fraction of sp³-hybridized carbons (Fsp3) is 0. The number of furan rings is 1. The second kappa shape index (κ2) is 12.9. The topological polar surface area (TPSA) is 51.8 Å². The highest BCUT2D eigenvalue weighted by Gasteiger charge is 2.19. The maximum atomic E-state index is 6.45. The Kier molecular flexibility index (Phi) is 7.43. The highest BCUT2D eigenvalue weighted by atomic mass is 16.3. The predicted octanol–water partition coefficient (Wildman–Crippen LogP) is 12.9. The van der Waals surface area contributed by atoms with Crippen LogP contribution >= 0.6 is 0 Å². The van der Waals surface area contributed by atoms with Gasteiger partial charge in [-0.05, 0) is 68.4 Å². The molecule has 4 nitrogen and oxygen atoms in total. The molecule has 4 heteroatoms. The zero-order valence-electron chi connectivity index (χ0n) is 28.6. The van der Waals surface area contributed by atoms with Crippen LogP contribution in [0.15, 0.2) is 192 Å². The smallest absolute Gasteiger partial charge is 0.167 e. The van der Waals surface area contributed by atoms with Gasteiger partial charge in [0.15, 0.2) is 17.5 Å². The molecule has 0 spiro atoms. The van der Waals surface area contributed by atoms with Crippen LogP contribution in [0.5, 0.6) is 0 Å². The number of hydrogen-bond acceptors (Lipinski definition) is 4. The maximum absolute atomic E-state index is 6.45. The van der Waals surface area contributed by atoms with Crippen molar-refractivity contribution in [3.63, 3.8) is 0 Å². The van der Waals surface area contributed by atoms with Crippen LogP contribution in [0.4, 0.5) is 0 Å². The van der Waals surface area contributed by atoms with Crippen molar-refractivity contribution in [3.05, 3.63) is 188 Å². The van der Waals surface area contributed by atoms with Crippen molar-refractivity contribution in [1.29, 1.82) is 0 Å². The first-order valence-corrected chi connectivity index (χ1v) is 17.8. The van der Waals surface area contributed by atoms with Gasteiger partial charge in [-0.3, -0.25) is 0 Å². The molecule has 0 saturated carbocycles. The fourth-order valence-electron chi connectivity index (χ4n) is 7.26. The first-order chi connectivity index (χ1) is 26.2. The van der Waals surface area contributed by atoms with Crippen molar-refractivity contribution < 1.29 is 4.42 Å². The Morgan fingerprint density at radius 1 is 0.302 bits per heavy atom. The van der Waals surface area contributed by atoms with Crippen LogP contribution in [-0.2, 0) is 0 Å².